The highest BCUT2D eigenvalue weighted by Gasteiger charge is 2.40. The third-order valence-corrected chi connectivity index (χ3v) is 8.57. The van der Waals surface area contributed by atoms with Crippen molar-refractivity contribution >= 4 is 27.7 Å². The van der Waals surface area contributed by atoms with Gasteiger partial charge in [-0.3, -0.25) is 14.3 Å². The molecule has 3 heterocycles. The molecule has 0 unspecified atom stereocenters. The maximum Gasteiger partial charge on any atom is 0.284 e. The Morgan fingerprint density at radius 2 is 1.86 bits per heavy atom. The summed E-state index contributed by atoms with van der Waals surface area (Å²) in [6.45, 7) is -0.207. The van der Waals surface area contributed by atoms with Crippen molar-refractivity contribution in [3.05, 3.63) is 63.7 Å². The standard InChI is InChI=1S/C23H28ClN7O5S/c1-28(2)37(35,36)30-10-8-23(15-32,9-11-30)26-21(33)19-12-20(16-4-6-17(24)7-5-16)27-31(22(19)34)18-13-25-29(3)14-18/h4-7,12-14,32H,8-11,15H2,1-3H3,(H,26,33). The topological polar surface area (TPSA) is 143 Å². The number of hydrogen-bond donors (Lipinski definition) is 2. The molecule has 0 aliphatic carbocycles. The second-order valence-electron chi connectivity index (χ2n) is 9.12. The van der Waals surface area contributed by atoms with E-state index in [1.807, 2.05) is 0 Å². The molecule has 3 aromatic rings. The molecule has 1 fully saturated rings. The van der Waals surface area contributed by atoms with E-state index in [4.69, 9.17) is 11.6 Å². The molecule has 2 aromatic heterocycles. The molecule has 37 heavy (non-hydrogen) atoms. The van der Waals surface area contributed by atoms with Crippen LogP contribution in [0.3, 0.4) is 0 Å². The van der Waals surface area contributed by atoms with Crippen LogP contribution in [0.25, 0.3) is 16.9 Å². The molecule has 1 aliphatic rings. The highest BCUT2D eigenvalue weighted by molar-refractivity contribution is 7.86. The number of nitrogens with one attached hydrogen (secondary N) is 1. The molecule has 0 saturated carbocycles. The SMILES string of the molecule is CN(C)S(=O)(=O)N1CCC(CO)(NC(=O)c2cc(-c3ccc(Cl)cc3)nn(-c3cnn(C)c3)c2=O)CC1. The number of halogens is 1. The zero-order valence-electron chi connectivity index (χ0n) is 20.6. The van der Waals surface area contributed by atoms with Gasteiger partial charge in [0, 0.05) is 44.8 Å². The molecule has 0 atom stereocenters. The lowest BCUT2D eigenvalue weighted by molar-refractivity contribution is 0.0716. The van der Waals surface area contributed by atoms with E-state index in [0.717, 1.165) is 8.99 Å². The van der Waals surface area contributed by atoms with E-state index < -0.39 is 33.8 Å². The van der Waals surface area contributed by atoms with Crippen LogP contribution in [0.2, 0.25) is 5.02 Å². The van der Waals surface area contributed by atoms with Gasteiger partial charge in [0.25, 0.3) is 21.7 Å². The van der Waals surface area contributed by atoms with E-state index in [9.17, 15) is 23.1 Å². The maximum absolute atomic E-state index is 13.5. The van der Waals surface area contributed by atoms with E-state index in [-0.39, 0.29) is 31.5 Å². The van der Waals surface area contributed by atoms with Gasteiger partial charge in [0.2, 0.25) is 0 Å². The number of carbonyl (C=O) groups excluding carboxylic acids is 1. The van der Waals surface area contributed by atoms with Gasteiger partial charge < -0.3 is 10.4 Å². The van der Waals surface area contributed by atoms with Gasteiger partial charge in [0.1, 0.15) is 11.3 Å². The Labute approximate surface area is 219 Å². The second-order valence-corrected chi connectivity index (χ2v) is 11.7. The quantitative estimate of drug-likeness (QED) is 0.440. The normalized spacial score (nSPS) is 16.2. The predicted molar refractivity (Wildman–Crippen MR) is 138 cm³/mol. The van der Waals surface area contributed by atoms with Crippen LogP contribution in [0.15, 0.2) is 47.5 Å². The summed E-state index contributed by atoms with van der Waals surface area (Å²) < 4.78 is 30.0. The minimum absolute atomic E-state index is 0.105. The number of aryl methyl sites for hydroxylation is 1. The van der Waals surface area contributed by atoms with Crippen LogP contribution in [0.5, 0.6) is 0 Å². The van der Waals surface area contributed by atoms with E-state index in [2.05, 4.69) is 15.5 Å². The molecule has 0 radical (unpaired) electrons. The average Bonchev–Trinajstić information content (AvgIpc) is 3.30. The monoisotopic (exact) mass is 549 g/mol. The number of aliphatic hydroxyl groups excluding tert-OH is 1. The molecule has 14 heteroatoms. The van der Waals surface area contributed by atoms with Gasteiger partial charge in [-0.15, -0.1) is 0 Å². The smallest absolute Gasteiger partial charge is 0.284 e. The van der Waals surface area contributed by atoms with Crippen molar-refractivity contribution in [3.63, 3.8) is 0 Å². The Balaban J connectivity index is 1.69. The van der Waals surface area contributed by atoms with E-state index in [0.29, 0.717) is 22.0 Å². The summed E-state index contributed by atoms with van der Waals surface area (Å²) in [5.41, 5.74) is -0.573. The first-order valence-corrected chi connectivity index (χ1v) is 13.2. The Morgan fingerprint density at radius 3 is 2.41 bits per heavy atom. The third kappa shape index (κ3) is 5.45. The van der Waals surface area contributed by atoms with Gasteiger partial charge in [0.05, 0.1) is 30.2 Å². The van der Waals surface area contributed by atoms with Gasteiger partial charge in [-0.2, -0.15) is 31.9 Å². The summed E-state index contributed by atoms with van der Waals surface area (Å²) in [4.78, 5) is 26.8. The van der Waals surface area contributed by atoms with Crippen molar-refractivity contribution in [3.8, 4) is 16.9 Å². The highest BCUT2D eigenvalue weighted by Crippen LogP contribution is 2.26. The summed E-state index contributed by atoms with van der Waals surface area (Å²) in [7, 11) is 0.957. The lowest BCUT2D eigenvalue weighted by Crippen LogP contribution is -2.59. The lowest BCUT2D eigenvalue weighted by atomic mass is 9.89. The van der Waals surface area contributed by atoms with E-state index in [1.54, 1.807) is 37.5 Å². The number of amides is 1. The summed E-state index contributed by atoms with van der Waals surface area (Å²) in [5, 5.41) is 22.0. The Kier molecular flexibility index (Phi) is 7.53. The number of nitrogens with zero attached hydrogens (tertiary/aromatic N) is 6. The van der Waals surface area contributed by atoms with Crippen LogP contribution in [0.1, 0.15) is 23.2 Å². The number of hydrogen-bond acceptors (Lipinski definition) is 7. The summed E-state index contributed by atoms with van der Waals surface area (Å²) in [6, 6.07) is 8.19. The van der Waals surface area contributed by atoms with Gasteiger partial charge in [-0.05, 0) is 31.0 Å². The zero-order chi connectivity index (χ0) is 27.0. The van der Waals surface area contributed by atoms with Crippen LogP contribution >= 0.6 is 11.6 Å². The maximum atomic E-state index is 13.5. The molecule has 1 saturated heterocycles. The second kappa shape index (κ2) is 10.3. The molecule has 2 N–H and O–H groups in total. The van der Waals surface area contributed by atoms with Crippen molar-refractivity contribution in [2.75, 3.05) is 33.8 Å². The van der Waals surface area contributed by atoms with E-state index >= 15 is 0 Å². The molecular weight excluding hydrogens is 522 g/mol. The first-order chi connectivity index (χ1) is 17.5. The number of carbonyl (C=O) groups is 1. The Bertz CT molecular complexity index is 1460. The van der Waals surface area contributed by atoms with E-state index in [1.165, 1.54) is 35.3 Å². The summed E-state index contributed by atoms with van der Waals surface area (Å²) >= 11 is 6.01. The third-order valence-electron chi connectivity index (χ3n) is 6.38. The molecule has 1 aliphatic heterocycles. The van der Waals surface area contributed by atoms with Crippen molar-refractivity contribution in [1.29, 1.82) is 0 Å². The fourth-order valence-corrected chi connectivity index (χ4v) is 5.35. The number of benzene rings is 1. The largest absolute Gasteiger partial charge is 0.394 e. The van der Waals surface area contributed by atoms with Gasteiger partial charge in [-0.25, -0.2) is 0 Å². The summed E-state index contributed by atoms with van der Waals surface area (Å²) in [6.07, 6.45) is 3.40. The van der Waals surface area contributed by atoms with Crippen LogP contribution in [-0.4, -0.2) is 86.9 Å². The molecule has 1 aromatic carbocycles. The fourth-order valence-electron chi connectivity index (χ4n) is 4.12. The van der Waals surface area contributed by atoms with Crippen molar-refractivity contribution in [2.24, 2.45) is 7.05 Å². The van der Waals surface area contributed by atoms with Crippen molar-refractivity contribution < 1.29 is 18.3 Å². The number of aromatic nitrogens is 4. The summed E-state index contributed by atoms with van der Waals surface area (Å²) in [5.74, 6) is -0.696. The Morgan fingerprint density at radius 1 is 1.22 bits per heavy atom. The molecule has 4 rings (SSSR count). The minimum atomic E-state index is -3.63. The molecule has 0 spiro atoms. The van der Waals surface area contributed by atoms with Crippen LogP contribution in [0.4, 0.5) is 0 Å². The van der Waals surface area contributed by atoms with Gasteiger partial charge in [0.15, 0.2) is 0 Å². The molecule has 198 valence electrons. The number of piperidine rings is 1. The van der Waals surface area contributed by atoms with Crippen molar-refractivity contribution in [1.82, 2.24) is 33.5 Å². The van der Waals surface area contributed by atoms with Crippen LogP contribution in [0, 0.1) is 0 Å². The molecule has 12 nitrogen and oxygen atoms in total. The Hall–Kier alpha value is -3.10. The highest BCUT2D eigenvalue weighted by atomic mass is 35.5. The average molecular weight is 550 g/mol. The zero-order valence-corrected chi connectivity index (χ0v) is 22.2. The molecular formula is C23H28ClN7O5S. The van der Waals surface area contributed by atoms with Crippen LogP contribution < -0.4 is 10.9 Å². The lowest BCUT2D eigenvalue weighted by Gasteiger charge is -2.41. The molecule has 1 amide bonds. The van der Waals surface area contributed by atoms with Gasteiger partial charge >= 0.3 is 0 Å². The molecule has 0 bridgehead atoms. The predicted octanol–water partition coefficient (Wildman–Crippen LogP) is 0.650. The van der Waals surface area contributed by atoms with Gasteiger partial charge in [-0.1, -0.05) is 23.7 Å². The van der Waals surface area contributed by atoms with Crippen molar-refractivity contribution in [2.45, 2.75) is 18.4 Å². The number of aliphatic hydroxyl groups is 1. The first kappa shape index (κ1) is 26.9. The van der Waals surface area contributed by atoms with Crippen LogP contribution in [-0.2, 0) is 17.3 Å². The minimum Gasteiger partial charge on any atom is -0.394 e. The fraction of sp³-hybridized carbons (Fsp3) is 0.391. The number of rotatable bonds is 7. The first-order valence-electron chi connectivity index (χ1n) is 11.5.